The van der Waals surface area contributed by atoms with E-state index in [1.807, 2.05) is 19.9 Å². The van der Waals surface area contributed by atoms with Gasteiger partial charge in [0.25, 0.3) is 5.91 Å². The van der Waals surface area contributed by atoms with E-state index < -0.39 is 7.12 Å². The van der Waals surface area contributed by atoms with Crippen molar-refractivity contribution in [2.75, 3.05) is 7.05 Å². The summed E-state index contributed by atoms with van der Waals surface area (Å²) in [4.78, 5) is 15.6. The van der Waals surface area contributed by atoms with Crippen molar-refractivity contribution < 1.29 is 14.1 Å². The molecule has 1 saturated heterocycles. The van der Waals surface area contributed by atoms with E-state index in [1.54, 1.807) is 19.3 Å². The van der Waals surface area contributed by atoms with E-state index in [9.17, 15) is 4.79 Å². The van der Waals surface area contributed by atoms with Crippen LogP contribution < -0.4 is 10.8 Å². The minimum Gasteiger partial charge on any atom is -0.399 e. The van der Waals surface area contributed by atoms with Crippen molar-refractivity contribution in [3.8, 4) is 0 Å². The molecule has 0 spiro atoms. The van der Waals surface area contributed by atoms with Crippen molar-refractivity contribution in [2.45, 2.75) is 45.3 Å². The summed E-state index contributed by atoms with van der Waals surface area (Å²) in [7, 11) is 1.14. The van der Waals surface area contributed by atoms with Crippen LogP contribution in [0.15, 0.2) is 18.3 Å². The molecule has 108 valence electrons. The van der Waals surface area contributed by atoms with E-state index in [2.05, 4.69) is 24.1 Å². The molecule has 1 amide bonds. The smallest absolute Gasteiger partial charge is 0.399 e. The van der Waals surface area contributed by atoms with Gasteiger partial charge in [0, 0.05) is 18.7 Å². The zero-order chi connectivity index (χ0) is 15.0. The highest BCUT2D eigenvalue weighted by Gasteiger charge is 2.53. The second-order valence-electron chi connectivity index (χ2n) is 5.72. The highest BCUT2D eigenvalue weighted by Crippen LogP contribution is 2.39. The first kappa shape index (κ1) is 15.0. The summed E-state index contributed by atoms with van der Waals surface area (Å²) < 4.78 is 12.1. The van der Waals surface area contributed by atoms with E-state index in [-0.39, 0.29) is 17.1 Å². The van der Waals surface area contributed by atoms with Gasteiger partial charge in [0.05, 0.1) is 11.2 Å². The largest absolute Gasteiger partial charge is 0.496 e. The summed E-state index contributed by atoms with van der Waals surface area (Å²) in [6, 6.07) is 3.50. The van der Waals surface area contributed by atoms with E-state index >= 15 is 0 Å². The highest BCUT2D eigenvalue weighted by molar-refractivity contribution is 6.62. The molecule has 1 atom stereocenters. The molecule has 1 aromatic rings. The average molecular weight is 276 g/mol. The average Bonchev–Trinajstić information content (AvgIpc) is 2.69. The predicted molar refractivity (Wildman–Crippen MR) is 78.0 cm³/mol. The third-order valence-corrected chi connectivity index (χ3v) is 4.24. The van der Waals surface area contributed by atoms with Crippen molar-refractivity contribution in [3.05, 3.63) is 24.0 Å². The summed E-state index contributed by atoms with van der Waals surface area (Å²) >= 11 is 0. The van der Waals surface area contributed by atoms with Crippen LogP contribution in [0.5, 0.6) is 0 Å². The number of nitrogens with one attached hydrogen (secondary N) is 1. The third-order valence-electron chi connectivity index (χ3n) is 4.24. The Kier molecular flexibility index (Phi) is 3.89. The number of nitrogens with zero attached hydrogens (tertiary/aromatic N) is 1. The first-order valence-electron chi connectivity index (χ1n) is 6.86. The van der Waals surface area contributed by atoms with E-state index in [0.717, 1.165) is 11.9 Å². The summed E-state index contributed by atoms with van der Waals surface area (Å²) in [6.07, 6.45) is 2.49. The second kappa shape index (κ2) is 5.18. The van der Waals surface area contributed by atoms with Gasteiger partial charge >= 0.3 is 7.12 Å². The number of rotatable bonds is 3. The number of hydrogen-bond acceptors (Lipinski definition) is 4. The standard InChI is InChI=1S/C14H21BN2O3/c1-6-14(4)13(2,3)19-15(20-14)10-7-8-11(17-9-10)12(18)16-5/h7-9H,6H2,1-5H3,(H,16,18). The Morgan fingerprint density at radius 2 is 2.05 bits per heavy atom. The predicted octanol–water partition coefficient (Wildman–Crippen LogP) is 1.13. The van der Waals surface area contributed by atoms with Crippen LogP contribution in [0.3, 0.4) is 0 Å². The molecule has 1 N–H and O–H groups in total. The van der Waals surface area contributed by atoms with Gasteiger partial charge in [0.1, 0.15) is 5.69 Å². The van der Waals surface area contributed by atoms with Gasteiger partial charge in [-0.3, -0.25) is 9.78 Å². The summed E-state index contributed by atoms with van der Waals surface area (Å²) in [5, 5.41) is 2.54. The second-order valence-corrected chi connectivity index (χ2v) is 5.72. The Morgan fingerprint density at radius 3 is 2.50 bits per heavy atom. The molecule has 0 aliphatic carbocycles. The lowest BCUT2D eigenvalue weighted by Gasteiger charge is -2.35. The van der Waals surface area contributed by atoms with E-state index in [1.165, 1.54) is 0 Å². The lowest BCUT2D eigenvalue weighted by molar-refractivity contribution is -0.0118. The van der Waals surface area contributed by atoms with Gasteiger partial charge in [-0.2, -0.15) is 0 Å². The van der Waals surface area contributed by atoms with Crippen molar-refractivity contribution in [3.63, 3.8) is 0 Å². The van der Waals surface area contributed by atoms with Crippen LogP contribution in [0.4, 0.5) is 0 Å². The summed E-state index contributed by atoms with van der Waals surface area (Å²) in [5.41, 5.74) is 0.498. The van der Waals surface area contributed by atoms with Crippen molar-refractivity contribution >= 4 is 18.5 Å². The van der Waals surface area contributed by atoms with E-state index in [4.69, 9.17) is 9.31 Å². The van der Waals surface area contributed by atoms with Crippen molar-refractivity contribution in [1.82, 2.24) is 10.3 Å². The zero-order valence-corrected chi connectivity index (χ0v) is 12.7. The molecule has 1 aliphatic heterocycles. The van der Waals surface area contributed by atoms with Gasteiger partial charge in [-0.15, -0.1) is 0 Å². The first-order valence-corrected chi connectivity index (χ1v) is 6.86. The van der Waals surface area contributed by atoms with E-state index in [0.29, 0.717) is 5.69 Å². The lowest BCUT2D eigenvalue weighted by atomic mass is 9.80. The normalized spacial score (nSPS) is 24.8. The number of carbonyl (C=O) groups excluding carboxylic acids is 1. The van der Waals surface area contributed by atoms with Crippen LogP contribution in [0.25, 0.3) is 0 Å². The maximum atomic E-state index is 11.5. The van der Waals surface area contributed by atoms with Crippen molar-refractivity contribution in [2.24, 2.45) is 0 Å². The molecule has 5 nitrogen and oxygen atoms in total. The van der Waals surface area contributed by atoms with Crippen LogP contribution in [-0.2, 0) is 9.31 Å². The topological polar surface area (TPSA) is 60.5 Å². The Bertz CT molecular complexity index is 504. The van der Waals surface area contributed by atoms with Crippen LogP contribution in [0.2, 0.25) is 0 Å². The number of aromatic nitrogens is 1. The van der Waals surface area contributed by atoms with Gasteiger partial charge < -0.3 is 14.6 Å². The molecular weight excluding hydrogens is 255 g/mol. The number of pyridine rings is 1. The highest BCUT2D eigenvalue weighted by atomic mass is 16.7. The third kappa shape index (κ3) is 2.45. The molecule has 1 fully saturated rings. The van der Waals surface area contributed by atoms with Gasteiger partial charge in [-0.1, -0.05) is 13.0 Å². The van der Waals surface area contributed by atoms with Crippen LogP contribution >= 0.6 is 0 Å². The fourth-order valence-electron chi connectivity index (χ4n) is 2.25. The molecular formula is C14H21BN2O3. The molecule has 6 heteroatoms. The fourth-order valence-corrected chi connectivity index (χ4v) is 2.25. The number of carbonyl (C=O) groups is 1. The van der Waals surface area contributed by atoms with Crippen LogP contribution in [0.1, 0.15) is 44.6 Å². The monoisotopic (exact) mass is 276 g/mol. The summed E-state index contributed by atoms with van der Waals surface area (Å²) in [6.45, 7) is 8.20. The number of amides is 1. The van der Waals surface area contributed by atoms with Crippen LogP contribution in [0, 0.1) is 0 Å². The quantitative estimate of drug-likeness (QED) is 0.841. The Morgan fingerprint density at radius 1 is 1.35 bits per heavy atom. The molecule has 1 aliphatic rings. The maximum absolute atomic E-state index is 11.5. The minimum absolute atomic E-state index is 0.205. The van der Waals surface area contributed by atoms with Crippen LogP contribution in [-0.4, -0.2) is 36.3 Å². The van der Waals surface area contributed by atoms with Gasteiger partial charge in [-0.25, -0.2) is 0 Å². The molecule has 0 aromatic carbocycles. The Hall–Kier alpha value is -1.40. The minimum atomic E-state index is -0.443. The van der Waals surface area contributed by atoms with Crippen molar-refractivity contribution in [1.29, 1.82) is 0 Å². The summed E-state index contributed by atoms with van der Waals surface area (Å²) in [5.74, 6) is -0.205. The molecule has 20 heavy (non-hydrogen) atoms. The Balaban J connectivity index is 2.20. The molecule has 1 unspecified atom stereocenters. The maximum Gasteiger partial charge on any atom is 0.496 e. The Labute approximate surface area is 120 Å². The molecule has 2 rings (SSSR count). The number of hydrogen-bond donors (Lipinski definition) is 1. The molecule has 0 bridgehead atoms. The van der Waals surface area contributed by atoms with Gasteiger partial charge in [0.2, 0.25) is 0 Å². The molecule has 0 radical (unpaired) electrons. The molecule has 1 aromatic heterocycles. The SMILES string of the molecule is CCC1(C)OB(c2ccc(C(=O)NC)nc2)OC1(C)C. The molecule has 0 saturated carbocycles. The van der Waals surface area contributed by atoms with Gasteiger partial charge in [-0.05, 0) is 33.3 Å². The lowest BCUT2D eigenvalue weighted by Crippen LogP contribution is -2.44. The molecule has 2 heterocycles. The van der Waals surface area contributed by atoms with Gasteiger partial charge in [0.15, 0.2) is 0 Å². The first-order chi connectivity index (χ1) is 9.33. The fraction of sp³-hybridized carbons (Fsp3) is 0.571. The zero-order valence-electron chi connectivity index (χ0n) is 12.7.